The molecule has 0 N–H and O–H groups in total. The van der Waals surface area contributed by atoms with Crippen molar-refractivity contribution in [2.24, 2.45) is 0 Å². The summed E-state index contributed by atoms with van der Waals surface area (Å²) in [7, 11) is 0. The van der Waals surface area contributed by atoms with E-state index in [0.717, 1.165) is 0 Å². The summed E-state index contributed by atoms with van der Waals surface area (Å²) in [5.41, 5.74) is 1.04. The second-order valence-electron chi connectivity index (χ2n) is 4.26. The average Bonchev–Trinajstić information content (AvgIpc) is 3.05. The first-order valence-corrected chi connectivity index (χ1v) is 6.12. The van der Waals surface area contributed by atoms with Gasteiger partial charge in [0, 0.05) is 12.3 Å². The van der Waals surface area contributed by atoms with Crippen molar-refractivity contribution in [3.63, 3.8) is 0 Å². The molecular weight excluding hydrogens is 264 g/mol. The molecule has 0 amide bonds. The number of imidazole rings is 1. The molecule has 0 saturated carbocycles. The van der Waals surface area contributed by atoms with Crippen LogP contribution < -0.4 is 4.57 Å². The lowest BCUT2D eigenvalue weighted by Gasteiger charge is -1.96. The molecule has 0 fully saturated rings. The molecule has 0 saturated heterocycles. The van der Waals surface area contributed by atoms with E-state index in [9.17, 15) is 0 Å². The maximum atomic E-state index is 8.76. The molecule has 0 aliphatic carbocycles. The monoisotopic (exact) mass is 273 g/mol. The molecule has 0 spiro atoms. The third-order valence-electron chi connectivity index (χ3n) is 2.92. The van der Waals surface area contributed by atoms with Gasteiger partial charge in [-0.2, -0.15) is 10.5 Å². The van der Waals surface area contributed by atoms with Crippen LogP contribution in [0, 0.1) is 22.7 Å². The minimum absolute atomic E-state index is 0.521. The molecule has 3 heterocycles. The van der Waals surface area contributed by atoms with Gasteiger partial charge in [0.15, 0.2) is 5.82 Å². The van der Waals surface area contributed by atoms with E-state index in [2.05, 4.69) is 9.97 Å². The Kier molecular flexibility index (Phi) is 3.12. The molecule has 0 aromatic carbocycles. The lowest BCUT2D eigenvalue weighted by Crippen LogP contribution is -2.28. The summed E-state index contributed by atoms with van der Waals surface area (Å²) in [6.45, 7) is 0. The van der Waals surface area contributed by atoms with E-state index in [1.807, 2.05) is 40.0 Å². The Labute approximate surface area is 120 Å². The summed E-state index contributed by atoms with van der Waals surface area (Å²) in [5.74, 6) is 1.42. The molecule has 0 atom stereocenters. The molecule has 0 aliphatic rings. The summed E-state index contributed by atoms with van der Waals surface area (Å²) in [4.78, 5) is 8.44. The number of rotatable bonds is 2. The maximum absolute atomic E-state index is 8.76. The highest BCUT2D eigenvalue weighted by Crippen LogP contribution is 2.05. The van der Waals surface area contributed by atoms with Crippen molar-refractivity contribution in [2.45, 2.75) is 0 Å². The first-order valence-electron chi connectivity index (χ1n) is 6.12. The van der Waals surface area contributed by atoms with Gasteiger partial charge < -0.3 is 0 Å². The Balaban J connectivity index is 1.92. The van der Waals surface area contributed by atoms with Crippen molar-refractivity contribution in [2.75, 3.05) is 0 Å². The number of nitrogens with zero attached hydrogens (tertiary/aromatic N) is 6. The predicted molar refractivity (Wildman–Crippen MR) is 72.3 cm³/mol. The number of hydrogen-bond acceptors (Lipinski definition) is 4. The van der Waals surface area contributed by atoms with Crippen LogP contribution in [0.25, 0.3) is 11.6 Å². The van der Waals surface area contributed by atoms with Gasteiger partial charge in [-0.15, -0.1) is 4.98 Å². The minimum Gasteiger partial charge on any atom is -0.223 e. The summed E-state index contributed by atoms with van der Waals surface area (Å²) in [6, 6.07) is 11.0. The SMILES string of the molecule is N#Cc1ccc(-n2cc[n+](-c3ccc(C#N)cn3)c2)nc1. The first-order chi connectivity index (χ1) is 10.3. The number of hydrogen-bond donors (Lipinski definition) is 0. The van der Waals surface area contributed by atoms with E-state index in [1.54, 1.807) is 24.3 Å². The molecule has 6 heteroatoms. The zero-order valence-corrected chi connectivity index (χ0v) is 10.9. The quantitative estimate of drug-likeness (QED) is 0.659. The summed E-state index contributed by atoms with van der Waals surface area (Å²) < 4.78 is 3.64. The van der Waals surface area contributed by atoms with Crippen molar-refractivity contribution in [3.8, 4) is 23.8 Å². The normalized spacial score (nSPS) is 9.81. The molecule has 0 unspecified atom stereocenters. The molecule has 0 aliphatic heterocycles. The standard InChI is InChI=1S/C15H9N6/c16-7-12-1-3-14(18-9-12)20-5-6-21(11-20)15-4-2-13(8-17)10-19-15/h1-6,9-11H/q+1. The maximum Gasteiger partial charge on any atom is 0.266 e. The van der Waals surface area contributed by atoms with E-state index < -0.39 is 0 Å². The van der Waals surface area contributed by atoms with Crippen molar-refractivity contribution in [1.29, 1.82) is 10.5 Å². The highest BCUT2D eigenvalue weighted by molar-refractivity contribution is 5.32. The first kappa shape index (κ1) is 12.5. The van der Waals surface area contributed by atoms with Gasteiger partial charge in [-0.1, -0.05) is 0 Å². The van der Waals surface area contributed by atoms with E-state index in [-0.39, 0.29) is 0 Å². The second-order valence-corrected chi connectivity index (χ2v) is 4.26. The molecule has 3 rings (SSSR count). The molecule has 3 aromatic heterocycles. The highest BCUT2D eigenvalue weighted by atomic mass is 15.2. The molecule has 6 nitrogen and oxygen atoms in total. The Morgan fingerprint density at radius 2 is 1.67 bits per heavy atom. The van der Waals surface area contributed by atoms with Gasteiger partial charge >= 0.3 is 0 Å². The average molecular weight is 273 g/mol. The van der Waals surface area contributed by atoms with Crippen LogP contribution >= 0.6 is 0 Å². The Morgan fingerprint density at radius 3 is 2.24 bits per heavy atom. The lowest BCUT2D eigenvalue weighted by molar-refractivity contribution is -0.598. The van der Waals surface area contributed by atoms with Crippen molar-refractivity contribution >= 4 is 0 Å². The molecule has 21 heavy (non-hydrogen) atoms. The van der Waals surface area contributed by atoms with Crippen LogP contribution in [0.3, 0.4) is 0 Å². The fourth-order valence-electron chi connectivity index (χ4n) is 1.84. The summed E-state index contributed by atoms with van der Waals surface area (Å²) in [5, 5.41) is 17.5. The molecular formula is C15H9N6+. The van der Waals surface area contributed by atoms with Crippen molar-refractivity contribution in [1.82, 2.24) is 14.5 Å². The molecule has 0 bridgehead atoms. The van der Waals surface area contributed by atoms with Crippen molar-refractivity contribution in [3.05, 3.63) is 66.5 Å². The van der Waals surface area contributed by atoms with Gasteiger partial charge in [-0.3, -0.25) is 0 Å². The van der Waals surface area contributed by atoms with E-state index in [1.165, 1.54) is 12.4 Å². The number of nitriles is 2. The topological polar surface area (TPSA) is 82.2 Å². The third kappa shape index (κ3) is 2.46. The van der Waals surface area contributed by atoms with E-state index in [4.69, 9.17) is 10.5 Å². The summed E-state index contributed by atoms with van der Waals surface area (Å²) in [6.07, 6.45) is 8.56. The van der Waals surface area contributed by atoms with E-state index in [0.29, 0.717) is 22.8 Å². The van der Waals surface area contributed by atoms with Crippen LogP contribution in [0.2, 0.25) is 0 Å². The molecule has 0 radical (unpaired) electrons. The third-order valence-corrected chi connectivity index (χ3v) is 2.92. The fourth-order valence-corrected chi connectivity index (χ4v) is 1.84. The van der Waals surface area contributed by atoms with Gasteiger partial charge in [-0.25, -0.2) is 14.1 Å². The van der Waals surface area contributed by atoms with Crippen LogP contribution in [0.5, 0.6) is 0 Å². The minimum atomic E-state index is 0.521. The summed E-state index contributed by atoms with van der Waals surface area (Å²) >= 11 is 0. The molecule has 98 valence electrons. The van der Waals surface area contributed by atoms with Crippen LogP contribution in [0.1, 0.15) is 11.1 Å². The smallest absolute Gasteiger partial charge is 0.223 e. The second kappa shape index (κ2) is 5.24. The fraction of sp³-hybridized carbons (Fsp3) is 0. The highest BCUT2D eigenvalue weighted by Gasteiger charge is 2.09. The largest absolute Gasteiger partial charge is 0.266 e. The zero-order chi connectivity index (χ0) is 14.7. The van der Waals surface area contributed by atoms with Gasteiger partial charge in [0.25, 0.3) is 5.82 Å². The Bertz CT molecular complexity index is 775. The predicted octanol–water partition coefficient (Wildman–Crippen LogP) is 1.29. The van der Waals surface area contributed by atoms with Crippen LogP contribution in [0.15, 0.2) is 55.4 Å². The molecule has 3 aromatic rings. The van der Waals surface area contributed by atoms with Crippen LogP contribution in [-0.2, 0) is 0 Å². The van der Waals surface area contributed by atoms with E-state index >= 15 is 0 Å². The van der Waals surface area contributed by atoms with Crippen LogP contribution in [-0.4, -0.2) is 14.5 Å². The number of aromatic nitrogens is 4. The van der Waals surface area contributed by atoms with Gasteiger partial charge in [0.1, 0.15) is 30.7 Å². The van der Waals surface area contributed by atoms with Crippen LogP contribution in [0.4, 0.5) is 0 Å². The number of pyridine rings is 2. The Morgan fingerprint density at radius 1 is 0.952 bits per heavy atom. The van der Waals surface area contributed by atoms with Gasteiger partial charge in [-0.05, 0) is 18.2 Å². The van der Waals surface area contributed by atoms with Gasteiger partial charge in [0.2, 0.25) is 6.33 Å². The Hall–Kier alpha value is -3.51. The van der Waals surface area contributed by atoms with Gasteiger partial charge in [0.05, 0.1) is 11.1 Å². The lowest BCUT2D eigenvalue weighted by atomic mass is 10.3. The zero-order valence-electron chi connectivity index (χ0n) is 10.9. The van der Waals surface area contributed by atoms with Crippen molar-refractivity contribution < 1.29 is 4.57 Å².